The van der Waals surface area contributed by atoms with Crippen LogP contribution in [0, 0.1) is 0 Å². The van der Waals surface area contributed by atoms with Gasteiger partial charge in [0, 0.05) is 0 Å². The molecule has 3 N–H and O–H groups in total. The molecule has 0 aliphatic heterocycles. The van der Waals surface area contributed by atoms with Crippen molar-refractivity contribution in [3.8, 4) is 5.75 Å². The maximum absolute atomic E-state index is 11.9. The topological polar surface area (TPSA) is 108 Å². The van der Waals surface area contributed by atoms with Crippen LogP contribution < -0.4 is 15.8 Å². The van der Waals surface area contributed by atoms with Crippen LogP contribution in [0.1, 0.15) is 10.4 Å². The molecule has 2 aromatic rings. The molecule has 1 heterocycles. The Morgan fingerprint density at radius 1 is 1.50 bits per heavy atom. The average Bonchev–Trinajstić information content (AvgIpc) is 2.75. The molecule has 0 aliphatic carbocycles. The molecule has 18 heavy (non-hydrogen) atoms. The van der Waals surface area contributed by atoms with Crippen molar-refractivity contribution in [3.63, 3.8) is 0 Å². The van der Waals surface area contributed by atoms with Crippen LogP contribution in [0.3, 0.4) is 0 Å². The zero-order chi connectivity index (χ0) is 13.1. The average molecular weight is 248 g/mol. The van der Waals surface area contributed by atoms with E-state index < -0.39 is 5.91 Å². The Hall–Kier alpha value is -2.64. The number of carbonyl (C=O) groups is 1. The normalized spacial score (nSPS) is 10.1. The first-order valence-corrected chi connectivity index (χ1v) is 5.09. The molecule has 0 atom stereocenters. The summed E-state index contributed by atoms with van der Waals surface area (Å²) in [5.74, 6) is 0.138. The first-order chi connectivity index (χ1) is 8.61. The van der Waals surface area contributed by atoms with E-state index in [-0.39, 0.29) is 11.6 Å². The number of aryl methyl sites for hydroxylation is 1. The zero-order valence-corrected chi connectivity index (χ0v) is 9.91. The molecule has 94 valence electrons. The number of rotatable bonds is 3. The van der Waals surface area contributed by atoms with Crippen molar-refractivity contribution in [2.24, 2.45) is 7.05 Å². The van der Waals surface area contributed by atoms with Gasteiger partial charge in [-0.15, -0.1) is 5.10 Å². The zero-order valence-electron chi connectivity index (χ0n) is 9.91. The Balaban J connectivity index is 2.24. The van der Waals surface area contributed by atoms with E-state index in [4.69, 9.17) is 10.5 Å². The molecule has 0 unspecified atom stereocenters. The molecule has 2 rings (SSSR count). The van der Waals surface area contributed by atoms with Gasteiger partial charge in [0.2, 0.25) is 0 Å². The second-order valence-corrected chi connectivity index (χ2v) is 3.48. The van der Waals surface area contributed by atoms with Crippen LogP contribution in [0.2, 0.25) is 0 Å². The van der Waals surface area contributed by atoms with E-state index in [0.717, 1.165) is 0 Å². The third-order valence-corrected chi connectivity index (χ3v) is 2.26. The summed E-state index contributed by atoms with van der Waals surface area (Å²) in [7, 11) is 3.08. The summed E-state index contributed by atoms with van der Waals surface area (Å²) < 4.78 is 5.04. The molecule has 0 fully saturated rings. The number of tetrazole rings is 1. The van der Waals surface area contributed by atoms with Crippen LogP contribution in [0.5, 0.6) is 5.75 Å². The van der Waals surface area contributed by atoms with E-state index in [1.165, 1.54) is 11.9 Å². The number of methoxy groups -OCH3 is 1. The van der Waals surface area contributed by atoms with Gasteiger partial charge in [-0.05, 0) is 17.3 Å². The predicted molar refractivity (Wildman–Crippen MR) is 64.2 cm³/mol. The summed E-state index contributed by atoms with van der Waals surface area (Å²) in [5, 5.41) is 13.6. The maximum Gasteiger partial charge on any atom is 0.270 e. The fourth-order valence-corrected chi connectivity index (χ4v) is 1.42. The quantitative estimate of drug-likeness (QED) is 0.743. The number of ether oxygens (including phenoxy) is 1. The Labute approximate surface area is 103 Å². The van der Waals surface area contributed by atoms with E-state index in [2.05, 4.69) is 20.7 Å². The molecular weight excluding hydrogens is 236 g/mol. The molecule has 0 bridgehead atoms. The van der Waals surface area contributed by atoms with Gasteiger partial charge < -0.3 is 10.5 Å². The SMILES string of the molecule is COc1cccc(C(=O)Nc2nnn(C)n2)c1N. The van der Waals surface area contributed by atoms with Gasteiger partial charge in [-0.25, -0.2) is 0 Å². The summed E-state index contributed by atoms with van der Waals surface area (Å²) in [4.78, 5) is 13.2. The number of nitrogens with one attached hydrogen (secondary N) is 1. The number of amides is 1. The summed E-state index contributed by atoms with van der Waals surface area (Å²) in [6.45, 7) is 0. The predicted octanol–water partition coefficient (Wildman–Crippen LogP) is 0.0532. The number of aromatic nitrogens is 4. The highest BCUT2D eigenvalue weighted by Crippen LogP contribution is 2.24. The van der Waals surface area contributed by atoms with Gasteiger partial charge in [-0.3, -0.25) is 10.1 Å². The van der Waals surface area contributed by atoms with Crippen molar-refractivity contribution >= 4 is 17.5 Å². The van der Waals surface area contributed by atoms with Crippen molar-refractivity contribution in [1.29, 1.82) is 0 Å². The summed E-state index contributed by atoms with van der Waals surface area (Å²) >= 11 is 0. The lowest BCUT2D eigenvalue weighted by molar-refractivity contribution is 0.102. The number of benzene rings is 1. The lowest BCUT2D eigenvalue weighted by Crippen LogP contribution is -2.15. The molecule has 1 amide bonds. The number of hydrogen-bond acceptors (Lipinski definition) is 6. The number of hydrogen-bond donors (Lipinski definition) is 2. The second-order valence-electron chi connectivity index (χ2n) is 3.48. The van der Waals surface area contributed by atoms with Crippen LogP contribution in [0.4, 0.5) is 11.6 Å². The minimum Gasteiger partial charge on any atom is -0.495 e. The van der Waals surface area contributed by atoms with Gasteiger partial charge in [0.15, 0.2) is 0 Å². The van der Waals surface area contributed by atoms with Crippen LogP contribution in [-0.2, 0) is 7.05 Å². The molecular formula is C10H12N6O2. The van der Waals surface area contributed by atoms with E-state index in [9.17, 15) is 4.79 Å². The largest absolute Gasteiger partial charge is 0.495 e. The minimum absolute atomic E-state index is 0.115. The van der Waals surface area contributed by atoms with Crippen LogP contribution in [0.15, 0.2) is 18.2 Å². The number of carbonyl (C=O) groups excluding carboxylic acids is 1. The van der Waals surface area contributed by atoms with Crippen molar-refractivity contribution < 1.29 is 9.53 Å². The van der Waals surface area contributed by atoms with Crippen molar-refractivity contribution in [1.82, 2.24) is 20.2 Å². The standard InChI is InChI=1S/C10H12N6O2/c1-16-14-10(13-15-16)12-9(17)6-4-3-5-7(18-2)8(6)11/h3-5H,11H2,1-2H3,(H,12,14,17). The van der Waals surface area contributed by atoms with E-state index in [1.807, 2.05) is 0 Å². The molecule has 1 aromatic heterocycles. The van der Waals surface area contributed by atoms with Crippen LogP contribution in [-0.4, -0.2) is 33.2 Å². The summed E-state index contributed by atoms with van der Waals surface area (Å²) in [5.41, 5.74) is 6.36. The van der Waals surface area contributed by atoms with E-state index >= 15 is 0 Å². The van der Waals surface area contributed by atoms with Gasteiger partial charge in [0.05, 0.1) is 25.4 Å². The summed E-state index contributed by atoms with van der Waals surface area (Å²) in [6.07, 6.45) is 0. The maximum atomic E-state index is 11.9. The number of para-hydroxylation sites is 1. The molecule has 0 spiro atoms. The molecule has 8 nitrogen and oxygen atoms in total. The highest BCUT2D eigenvalue weighted by molar-refractivity contribution is 6.07. The van der Waals surface area contributed by atoms with E-state index in [1.54, 1.807) is 25.2 Å². The lowest BCUT2D eigenvalue weighted by atomic mass is 10.1. The molecule has 1 aromatic carbocycles. The lowest BCUT2D eigenvalue weighted by Gasteiger charge is -2.08. The number of anilines is 2. The molecule has 0 saturated carbocycles. The fourth-order valence-electron chi connectivity index (χ4n) is 1.42. The van der Waals surface area contributed by atoms with Crippen molar-refractivity contribution in [3.05, 3.63) is 23.8 Å². The Morgan fingerprint density at radius 3 is 2.89 bits per heavy atom. The van der Waals surface area contributed by atoms with Gasteiger partial charge >= 0.3 is 0 Å². The number of nitrogens with two attached hydrogens (primary N) is 1. The molecule has 0 saturated heterocycles. The molecule has 0 aliphatic rings. The Bertz CT molecular complexity index is 579. The van der Waals surface area contributed by atoms with Gasteiger partial charge in [-0.1, -0.05) is 11.2 Å². The van der Waals surface area contributed by atoms with Gasteiger partial charge in [-0.2, -0.15) is 4.80 Å². The first-order valence-electron chi connectivity index (χ1n) is 5.09. The smallest absolute Gasteiger partial charge is 0.270 e. The molecule has 0 radical (unpaired) electrons. The number of nitrogens with zero attached hydrogens (tertiary/aromatic N) is 4. The van der Waals surface area contributed by atoms with E-state index in [0.29, 0.717) is 11.3 Å². The Kier molecular flexibility index (Phi) is 3.09. The fraction of sp³-hybridized carbons (Fsp3) is 0.200. The first kappa shape index (κ1) is 11.8. The van der Waals surface area contributed by atoms with Gasteiger partial charge in [0.1, 0.15) is 5.75 Å². The Morgan fingerprint density at radius 2 is 2.28 bits per heavy atom. The van der Waals surface area contributed by atoms with Crippen molar-refractivity contribution in [2.45, 2.75) is 0 Å². The number of nitrogen functional groups attached to an aromatic ring is 1. The summed E-state index contributed by atoms with van der Waals surface area (Å²) in [6, 6.07) is 4.93. The van der Waals surface area contributed by atoms with Crippen LogP contribution in [0.25, 0.3) is 0 Å². The monoisotopic (exact) mass is 248 g/mol. The van der Waals surface area contributed by atoms with Crippen molar-refractivity contribution in [2.75, 3.05) is 18.2 Å². The third-order valence-electron chi connectivity index (χ3n) is 2.26. The van der Waals surface area contributed by atoms with Gasteiger partial charge in [0.25, 0.3) is 11.9 Å². The second kappa shape index (κ2) is 4.70. The highest BCUT2D eigenvalue weighted by Gasteiger charge is 2.14. The minimum atomic E-state index is -0.417. The van der Waals surface area contributed by atoms with Crippen LogP contribution >= 0.6 is 0 Å². The molecule has 8 heteroatoms. The highest BCUT2D eigenvalue weighted by atomic mass is 16.5. The third kappa shape index (κ3) is 2.21.